The van der Waals surface area contributed by atoms with Crippen LogP contribution in [0.2, 0.25) is 0 Å². The number of aromatic nitrogens is 2. The van der Waals surface area contributed by atoms with Gasteiger partial charge in [-0.25, -0.2) is 9.78 Å². The van der Waals surface area contributed by atoms with E-state index in [0.29, 0.717) is 41.9 Å². The van der Waals surface area contributed by atoms with Crippen molar-refractivity contribution in [3.63, 3.8) is 0 Å². The Balaban J connectivity index is 2.26. The van der Waals surface area contributed by atoms with Crippen LogP contribution < -0.4 is 15.6 Å². The summed E-state index contributed by atoms with van der Waals surface area (Å²) in [5.41, 5.74) is 0.0312. The van der Waals surface area contributed by atoms with E-state index in [9.17, 15) is 14.7 Å². The molecule has 1 amide bonds. The number of nitrogens with one attached hydrogen (secondary N) is 2. The van der Waals surface area contributed by atoms with E-state index in [0.717, 1.165) is 0 Å². The van der Waals surface area contributed by atoms with Crippen LogP contribution in [-0.4, -0.2) is 52.8 Å². The molecule has 0 saturated carbocycles. The third-order valence-corrected chi connectivity index (χ3v) is 4.35. The molecule has 0 aliphatic carbocycles. The number of amides is 1. The highest BCUT2D eigenvalue weighted by Gasteiger charge is 2.41. The van der Waals surface area contributed by atoms with Gasteiger partial charge in [-0.05, 0) is 13.0 Å². The smallest absolute Gasteiger partial charge is 0.408 e. The molecule has 3 N–H and O–H groups in total. The van der Waals surface area contributed by atoms with Crippen molar-refractivity contribution in [2.75, 3.05) is 26.7 Å². The standard InChI is InChI=1S/C15H18N4O4/c1-15(7-16-3-4-19(15)14(21)22)10-5-9-11(6-12(10)23-2)17-8-18-13(9)20/h5-6,8,16H,3-4,7H2,1-2H3,(H,21,22)(H,17,18,20)/t15-/m0/s1. The van der Waals surface area contributed by atoms with Gasteiger partial charge in [-0.15, -0.1) is 0 Å². The molecule has 8 heteroatoms. The fourth-order valence-corrected chi connectivity index (χ4v) is 3.10. The van der Waals surface area contributed by atoms with Crippen LogP contribution in [0.25, 0.3) is 10.9 Å². The van der Waals surface area contributed by atoms with Gasteiger partial charge in [0.1, 0.15) is 5.75 Å². The number of ether oxygens (including phenoxy) is 1. The molecule has 1 aromatic carbocycles. The van der Waals surface area contributed by atoms with Gasteiger partial charge in [-0.3, -0.25) is 9.69 Å². The second-order valence-electron chi connectivity index (χ2n) is 5.69. The number of nitrogens with zero attached hydrogens (tertiary/aromatic N) is 2. The molecule has 122 valence electrons. The molecule has 2 heterocycles. The van der Waals surface area contributed by atoms with Crippen molar-refractivity contribution in [2.24, 2.45) is 0 Å². The Kier molecular flexibility index (Phi) is 3.69. The predicted octanol–water partition coefficient (Wildman–Crippen LogP) is 0.730. The van der Waals surface area contributed by atoms with Crippen LogP contribution >= 0.6 is 0 Å². The SMILES string of the molecule is COc1cc2nc[nH]c(=O)c2cc1[C@]1(C)CNCCN1C(=O)O. The predicted molar refractivity (Wildman–Crippen MR) is 83.9 cm³/mol. The minimum absolute atomic E-state index is 0.270. The highest BCUT2D eigenvalue weighted by atomic mass is 16.5. The molecule has 3 rings (SSSR count). The summed E-state index contributed by atoms with van der Waals surface area (Å²) in [6.07, 6.45) is 0.327. The van der Waals surface area contributed by atoms with Crippen molar-refractivity contribution in [3.05, 3.63) is 34.4 Å². The van der Waals surface area contributed by atoms with Gasteiger partial charge in [-0.2, -0.15) is 0 Å². The Morgan fingerprint density at radius 1 is 1.48 bits per heavy atom. The molecule has 1 aliphatic heterocycles. The van der Waals surface area contributed by atoms with E-state index in [1.165, 1.54) is 18.3 Å². The fourth-order valence-electron chi connectivity index (χ4n) is 3.10. The summed E-state index contributed by atoms with van der Waals surface area (Å²) in [6.45, 7) is 3.19. The van der Waals surface area contributed by atoms with E-state index in [4.69, 9.17) is 4.74 Å². The average molecular weight is 318 g/mol. The lowest BCUT2D eigenvalue weighted by molar-refractivity contribution is 0.0639. The van der Waals surface area contributed by atoms with Crippen LogP contribution in [0.15, 0.2) is 23.3 Å². The molecular formula is C15H18N4O4. The molecule has 1 fully saturated rings. The quantitative estimate of drug-likeness (QED) is 0.753. The van der Waals surface area contributed by atoms with Crippen molar-refractivity contribution in [1.29, 1.82) is 0 Å². The Morgan fingerprint density at radius 2 is 2.26 bits per heavy atom. The minimum atomic E-state index is -1.00. The molecule has 1 saturated heterocycles. The lowest BCUT2D eigenvalue weighted by atomic mass is 9.87. The van der Waals surface area contributed by atoms with Crippen LogP contribution in [0, 0.1) is 0 Å². The third-order valence-electron chi connectivity index (χ3n) is 4.35. The van der Waals surface area contributed by atoms with Crippen LogP contribution in [0.4, 0.5) is 4.79 Å². The van der Waals surface area contributed by atoms with Gasteiger partial charge >= 0.3 is 6.09 Å². The molecular weight excluding hydrogens is 300 g/mol. The van der Waals surface area contributed by atoms with Gasteiger partial charge in [0.05, 0.1) is 29.9 Å². The van der Waals surface area contributed by atoms with Gasteiger partial charge in [0.2, 0.25) is 0 Å². The monoisotopic (exact) mass is 318 g/mol. The van der Waals surface area contributed by atoms with Crippen LogP contribution in [0.5, 0.6) is 5.75 Å². The first kappa shape index (κ1) is 15.3. The van der Waals surface area contributed by atoms with Crippen molar-refractivity contribution in [2.45, 2.75) is 12.5 Å². The molecule has 0 bridgehead atoms. The number of carbonyl (C=O) groups is 1. The molecule has 0 spiro atoms. The van der Waals surface area contributed by atoms with E-state index in [2.05, 4.69) is 15.3 Å². The number of piperazine rings is 1. The van der Waals surface area contributed by atoms with Gasteiger partial charge in [0, 0.05) is 31.3 Å². The molecule has 0 radical (unpaired) electrons. The normalized spacial score (nSPS) is 21.4. The Hall–Kier alpha value is -2.61. The van der Waals surface area contributed by atoms with Crippen LogP contribution in [0.3, 0.4) is 0 Å². The molecule has 0 unspecified atom stereocenters. The van der Waals surface area contributed by atoms with E-state index < -0.39 is 11.6 Å². The molecule has 8 nitrogen and oxygen atoms in total. The Bertz CT molecular complexity index is 819. The number of methoxy groups -OCH3 is 1. The zero-order chi connectivity index (χ0) is 16.6. The number of hydrogen-bond acceptors (Lipinski definition) is 5. The number of rotatable bonds is 2. The first-order valence-electron chi connectivity index (χ1n) is 7.24. The van der Waals surface area contributed by atoms with E-state index in [1.807, 2.05) is 6.92 Å². The summed E-state index contributed by atoms with van der Waals surface area (Å²) < 4.78 is 5.44. The van der Waals surface area contributed by atoms with Gasteiger partial charge in [0.25, 0.3) is 5.56 Å². The second kappa shape index (κ2) is 5.54. The maximum Gasteiger partial charge on any atom is 0.408 e. The number of fused-ring (bicyclic) bond motifs is 1. The number of H-pyrrole nitrogens is 1. The van der Waals surface area contributed by atoms with Crippen molar-refractivity contribution >= 4 is 17.0 Å². The zero-order valence-corrected chi connectivity index (χ0v) is 12.9. The highest BCUT2D eigenvalue weighted by Crippen LogP contribution is 2.37. The summed E-state index contributed by atoms with van der Waals surface area (Å²) in [5, 5.41) is 13.2. The van der Waals surface area contributed by atoms with E-state index in [1.54, 1.807) is 12.1 Å². The van der Waals surface area contributed by atoms with Gasteiger partial charge in [0.15, 0.2) is 0 Å². The molecule has 23 heavy (non-hydrogen) atoms. The number of hydrogen-bond donors (Lipinski definition) is 3. The van der Waals surface area contributed by atoms with Crippen LogP contribution in [0.1, 0.15) is 12.5 Å². The lowest BCUT2D eigenvalue weighted by Gasteiger charge is -2.44. The van der Waals surface area contributed by atoms with Crippen LogP contribution in [-0.2, 0) is 5.54 Å². The molecule has 1 atom stereocenters. The van der Waals surface area contributed by atoms with Crippen molar-refractivity contribution in [1.82, 2.24) is 20.2 Å². The summed E-state index contributed by atoms with van der Waals surface area (Å²) in [7, 11) is 1.52. The third kappa shape index (κ3) is 2.40. The first-order chi connectivity index (χ1) is 11.0. The molecule has 2 aromatic rings. The average Bonchev–Trinajstić information content (AvgIpc) is 2.54. The Labute approximate surface area is 132 Å². The van der Waals surface area contributed by atoms with Gasteiger partial charge in [-0.1, -0.05) is 0 Å². The lowest BCUT2D eigenvalue weighted by Crippen LogP contribution is -2.59. The number of benzene rings is 1. The fraction of sp³-hybridized carbons (Fsp3) is 0.400. The minimum Gasteiger partial charge on any atom is -0.496 e. The molecule has 1 aromatic heterocycles. The largest absolute Gasteiger partial charge is 0.496 e. The zero-order valence-electron chi connectivity index (χ0n) is 12.9. The van der Waals surface area contributed by atoms with Crippen molar-refractivity contribution in [3.8, 4) is 5.75 Å². The maximum atomic E-state index is 12.1. The van der Waals surface area contributed by atoms with E-state index >= 15 is 0 Å². The molecule has 1 aliphatic rings. The van der Waals surface area contributed by atoms with E-state index in [-0.39, 0.29) is 5.56 Å². The summed E-state index contributed by atoms with van der Waals surface area (Å²) in [5.74, 6) is 0.507. The first-order valence-corrected chi connectivity index (χ1v) is 7.24. The summed E-state index contributed by atoms with van der Waals surface area (Å²) in [4.78, 5) is 31.7. The number of aromatic amines is 1. The Morgan fingerprint density at radius 3 is 2.96 bits per heavy atom. The summed E-state index contributed by atoms with van der Waals surface area (Å²) >= 11 is 0. The topological polar surface area (TPSA) is 108 Å². The highest BCUT2D eigenvalue weighted by molar-refractivity contribution is 5.81. The second-order valence-corrected chi connectivity index (χ2v) is 5.69. The number of carboxylic acid groups (broad SMARTS) is 1. The van der Waals surface area contributed by atoms with Gasteiger partial charge < -0.3 is 20.1 Å². The van der Waals surface area contributed by atoms with Crippen molar-refractivity contribution < 1.29 is 14.6 Å². The summed E-state index contributed by atoms with van der Waals surface area (Å²) in [6, 6.07) is 3.34. The maximum absolute atomic E-state index is 12.1.